The first-order chi connectivity index (χ1) is 18.5. The second kappa shape index (κ2) is 11.0. The van der Waals surface area contributed by atoms with E-state index in [0.717, 1.165) is 19.3 Å². The van der Waals surface area contributed by atoms with Crippen molar-refractivity contribution in [1.29, 1.82) is 0 Å². The van der Waals surface area contributed by atoms with Crippen LogP contribution < -0.4 is 0 Å². The zero-order chi connectivity index (χ0) is 27.9. The molecule has 0 aromatic rings. The van der Waals surface area contributed by atoms with Gasteiger partial charge in [-0.3, -0.25) is 4.79 Å². The summed E-state index contributed by atoms with van der Waals surface area (Å²) in [5.41, 5.74) is 0.916. The molecule has 2 bridgehead atoms. The first-order valence-corrected chi connectivity index (χ1v) is 14.4. The molecule has 2 N–H and O–H groups in total. The molecular formula is C31H43NO7. The Labute approximate surface area is 231 Å². The van der Waals surface area contributed by atoms with Crippen LogP contribution >= 0.6 is 0 Å². The molecule has 8 nitrogen and oxygen atoms in total. The van der Waals surface area contributed by atoms with E-state index < -0.39 is 35.5 Å². The van der Waals surface area contributed by atoms with Crippen LogP contribution in [0.3, 0.4) is 0 Å². The first-order valence-electron chi connectivity index (χ1n) is 14.4. The molecule has 214 valence electrons. The number of hydrogen-bond acceptors (Lipinski definition) is 8. The highest BCUT2D eigenvalue weighted by molar-refractivity contribution is 6.06. The van der Waals surface area contributed by atoms with Crippen molar-refractivity contribution in [3.8, 4) is 0 Å². The highest BCUT2D eigenvalue weighted by Gasteiger charge is 2.59. The molecule has 0 aromatic heterocycles. The molecule has 1 aliphatic carbocycles. The highest BCUT2D eigenvalue weighted by atomic mass is 16.7. The van der Waals surface area contributed by atoms with Gasteiger partial charge >= 0.3 is 5.97 Å². The van der Waals surface area contributed by atoms with E-state index in [0.29, 0.717) is 36.3 Å². The summed E-state index contributed by atoms with van der Waals surface area (Å²) < 4.78 is 25.3. The molecule has 0 amide bonds. The van der Waals surface area contributed by atoms with E-state index >= 15 is 0 Å². The number of allylic oxidation sites excluding steroid dienone is 4. The average Bonchev–Trinajstić information content (AvgIpc) is 3.21. The summed E-state index contributed by atoms with van der Waals surface area (Å²) in [6.07, 6.45) is 12.6. The van der Waals surface area contributed by atoms with Crippen molar-refractivity contribution in [2.45, 2.75) is 109 Å². The number of carbonyl (C=O) groups is 1. The summed E-state index contributed by atoms with van der Waals surface area (Å²) >= 11 is 0. The smallest absolute Gasteiger partial charge is 0.316 e. The van der Waals surface area contributed by atoms with Crippen LogP contribution in [0.4, 0.5) is 0 Å². The molecule has 4 aliphatic heterocycles. The Morgan fingerprint density at radius 1 is 1.13 bits per heavy atom. The number of carbonyl (C=O) groups excluding carboxylic acids is 1. The predicted molar refractivity (Wildman–Crippen MR) is 146 cm³/mol. The third-order valence-electron chi connectivity index (χ3n) is 9.25. The number of ether oxygens (including phenoxy) is 4. The van der Waals surface area contributed by atoms with E-state index in [1.54, 1.807) is 13.0 Å². The van der Waals surface area contributed by atoms with Gasteiger partial charge in [-0.25, -0.2) is 0 Å². The van der Waals surface area contributed by atoms with Crippen LogP contribution in [0.1, 0.15) is 73.1 Å². The van der Waals surface area contributed by atoms with Crippen LogP contribution in [0.2, 0.25) is 0 Å². The fraction of sp³-hybridized carbons (Fsp3) is 0.677. The number of hydrogen-bond donors (Lipinski definition) is 2. The molecule has 0 saturated carbocycles. The van der Waals surface area contributed by atoms with Crippen molar-refractivity contribution in [2.75, 3.05) is 6.61 Å². The summed E-state index contributed by atoms with van der Waals surface area (Å²) in [6, 6.07) is 0. The van der Waals surface area contributed by atoms with Gasteiger partial charge in [-0.15, -0.1) is 0 Å². The van der Waals surface area contributed by atoms with Gasteiger partial charge < -0.3 is 29.3 Å². The van der Waals surface area contributed by atoms with Gasteiger partial charge in [-0.2, -0.15) is 0 Å². The number of nitrogens with zero attached hydrogens (tertiary/aromatic N) is 1. The lowest BCUT2D eigenvalue weighted by atomic mass is 9.71. The third kappa shape index (κ3) is 5.41. The van der Waals surface area contributed by atoms with Crippen molar-refractivity contribution in [1.82, 2.24) is 0 Å². The Morgan fingerprint density at radius 3 is 2.67 bits per heavy atom. The number of fused-ring (bicyclic) bond motifs is 2. The van der Waals surface area contributed by atoms with E-state index in [1.165, 1.54) is 5.57 Å². The zero-order valence-corrected chi connectivity index (χ0v) is 23.8. The van der Waals surface area contributed by atoms with Gasteiger partial charge in [-0.05, 0) is 63.0 Å². The van der Waals surface area contributed by atoms with E-state index in [4.69, 9.17) is 18.9 Å². The van der Waals surface area contributed by atoms with Crippen LogP contribution in [0, 0.1) is 17.8 Å². The summed E-state index contributed by atoms with van der Waals surface area (Å²) in [6.45, 7) is 10.4. The highest BCUT2D eigenvalue weighted by Crippen LogP contribution is 2.46. The van der Waals surface area contributed by atoms with Gasteiger partial charge in [0, 0.05) is 19.3 Å². The van der Waals surface area contributed by atoms with E-state index in [9.17, 15) is 15.1 Å². The quantitative estimate of drug-likeness (QED) is 0.192. The lowest BCUT2D eigenvalue weighted by molar-refractivity contribution is -0.332. The second-order valence-electron chi connectivity index (χ2n) is 12.4. The summed E-state index contributed by atoms with van der Waals surface area (Å²) in [5.74, 6) is -1.62. The van der Waals surface area contributed by atoms with Gasteiger partial charge in [0.25, 0.3) is 0 Å². The zero-order valence-electron chi connectivity index (χ0n) is 23.8. The largest absolute Gasteiger partial charge is 0.462 e. The van der Waals surface area contributed by atoms with Gasteiger partial charge in [0.15, 0.2) is 5.79 Å². The maximum Gasteiger partial charge on any atom is 0.316 e. The molecule has 8 heteroatoms. The Kier molecular flexibility index (Phi) is 7.94. The van der Waals surface area contributed by atoms with Crippen LogP contribution in [0.15, 0.2) is 52.3 Å². The van der Waals surface area contributed by atoms with Crippen molar-refractivity contribution in [2.24, 2.45) is 22.9 Å². The Bertz CT molecular complexity index is 1120. The number of esters is 1. The summed E-state index contributed by atoms with van der Waals surface area (Å²) in [4.78, 5) is 13.9. The number of aliphatic hydroxyl groups is 1. The minimum atomic E-state index is -1.72. The number of oxime groups is 1. The Balaban J connectivity index is 1.53. The Hall–Kier alpha value is -2.26. The van der Waals surface area contributed by atoms with Crippen molar-refractivity contribution in [3.05, 3.63) is 47.1 Å². The van der Waals surface area contributed by atoms with E-state index in [2.05, 4.69) is 45.0 Å². The summed E-state index contributed by atoms with van der Waals surface area (Å²) in [7, 11) is 0. The standard InChI is InChI=1S/C31H43NO7/c1-18-7-6-8-23-17-36-28-27(32-35)21(4)14-26(31(23,28)34)29(33)37-25-15-24(10-9-19(2)13-18)39-30(16-25)12-11-20(3)22(5)38-30/h6-9,14,18,20,22,24-26,28,34-35H,10-13,15-17H2,1-5H3/b7-6+,19-9+,23-8+,32-27+/t18-,20-,22+,24?,25-,26?,28+,30-,31+/m0/s1. The normalized spacial score (nSPS) is 47.8. The molecule has 0 aromatic carbocycles. The van der Waals surface area contributed by atoms with Crippen molar-refractivity contribution < 1.29 is 34.1 Å². The third-order valence-corrected chi connectivity index (χ3v) is 9.25. The van der Waals surface area contributed by atoms with Gasteiger partial charge in [0.1, 0.15) is 29.4 Å². The molecule has 1 spiro atoms. The SMILES string of the molecule is CC1=CC2C(=O)O[C@H]3CC(C/C=C(\C)C[C@@H](C)/C=C/C=C4\CO[C@H](/C1=N/O)[C@@]42O)O[C@@]1(CC[C@H](C)[C@@H](C)O1)C3. The minimum absolute atomic E-state index is 0.0431. The first kappa shape index (κ1) is 28.3. The van der Waals surface area contributed by atoms with Gasteiger partial charge in [0.05, 0.1) is 18.8 Å². The Morgan fingerprint density at radius 2 is 1.92 bits per heavy atom. The van der Waals surface area contributed by atoms with Crippen LogP contribution in [0.5, 0.6) is 0 Å². The van der Waals surface area contributed by atoms with Crippen LogP contribution in [-0.2, 0) is 23.7 Å². The molecule has 3 fully saturated rings. The van der Waals surface area contributed by atoms with Gasteiger partial charge in [-0.1, -0.05) is 55.0 Å². The maximum atomic E-state index is 13.9. The van der Waals surface area contributed by atoms with Crippen molar-refractivity contribution in [3.63, 3.8) is 0 Å². The van der Waals surface area contributed by atoms with E-state index in [-0.39, 0.29) is 30.4 Å². The number of rotatable bonds is 0. The van der Waals surface area contributed by atoms with Gasteiger partial charge in [0.2, 0.25) is 0 Å². The maximum absolute atomic E-state index is 13.9. The fourth-order valence-corrected chi connectivity index (χ4v) is 6.85. The second-order valence-corrected chi connectivity index (χ2v) is 12.4. The minimum Gasteiger partial charge on any atom is -0.462 e. The van der Waals surface area contributed by atoms with Crippen LogP contribution in [-0.4, -0.2) is 64.4 Å². The average molecular weight is 542 g/mol. The molecule has 9 atom stereocenters. The molecule has 3 saturated heterocycles. The lowest BCUT2D eigenvalue weighted by Crippen LogP contribution is -2.57. The van der Waals surface area contributed by atoms with E-state index in [1.807, 2.05) is 12.2 Å². The molecule has 4 heterocycles. The topological polar surface area (TPSA) is 107 Å². The summed E-state index contributed by atoms with van der Waals surface area (Å²) in [5, 5.41) is 25.2. The molecule has 5 aliphatic rings. The molecule has 0 radical (unpaired) electrons. The molecular weight excluding hydrogens is 498 g/mol. The van der Waals surface area contributed by atoms with Crippen molar-refractivity contribution >= 4 is 11.7 Å². The molecule has 2 unspecified atom stereocenters. The fourth-order valence-electron chi connectivity index (χ4n) is 6.85. The molecule has 5 rings (SSSR count). The predicted octanol–water partition coefficient (Wildman–Crippen LogP) is 5.00. The monoisotopic (exact) mass is 541 g/mol. The van der Waals surface area contributed by atoms with Crippen LogP contribution in [0.25, 0.3) is 0 Å². The lowest BCUT2D eigenvalue weighted by Gasteiger charge is -2.49. The molecule has 39 heavy (non-hydrogen) atoms.